The summed E-state index contributed by atoms with van der Waals surface area (Å²) in [5.74, 6) is 0.463. The van der Waals surface area contributed by atoms with Crippen LogP contribution in [0.5, 0.6) is 11.5 Å². The van der Waals surface area contributed by atoms with Gasteiger partial charge in [0.25, 0.3) is 11.8 Å². The SMILES string of the molecule is Cc1ccc(SCC(=O)Nc2ccc(Oc3ccc4c(c3)C(=O)N(c3ccc(C)cc3)C4=O)cc2)cc1. The summed E-state index contributed by atoms with van der Waals surface area (Å²) in [6, 6.07) is 27.1. The second-order valence-electron chi connectivity index (χ2n) is 8.76. The fourth-order valence-electron chi connectivity index (χ4n) is 3.93. The Balaban J connectivity index is 1.21. The normalized spacial score (nSPS) is 12.4. The van der Waals surface area contributed by atoms with E-state index in [2.05, 4.69) is 5.32 Å². The zero-order chi connectivity index (χ0) is 25.9. The van der Waals surface area contributed by atoms with Crippen LogP contribution in [0.2, 0.25) is 0 Å². The van der Waals surface area contributed by atoms with Crippen molar-refractivity contribution in [3.8, 4) is 11.5 Å². The minimum absolute atomic E-state index is 0.0980. The lowest BCUT2D eigenvalue weighted by atomic mass is 10.1. The average Bonchev–Trinajstić information content (AvgIpc) is 3.14. The molecule has 184 valence electrons. The number of rotatable bonds is 7. The van der Waals surface area contributed by atoms with E-state index in [-0.39, 0.29) is 17.7 Å². The molecule has 0 bridgehead atoms. The summed E-state index contributed by atoms with van der Waals surface area (Å²) in [7, 11) is 0. The van der Waals surface area contributed by atoms with Gasteiger partial charge in [-0.1, -0.05) is 35.4 Å². The van der Waals surface area contributed by atoms with Gasteiger partial charge in [-0.25, -0.2) is 4.90 Å². The second kappa shape index (κ2) is 10.3. The summed E-state index contributed by atoms with van der Waals surface area (Å²) in [4.78, 5) is 40.4. The van der Waals surface area contributed by atoms with E-state index < -0.39 is 0 Å². The molecule has 7 heteroatoms. The van der Waals surface area contributed by atoms with Crippen molar-refractivity contribution in [2.24, 2.45) is 0 Å². The third-order valence-electron chi connectivity index (χ3n) is 5.91. The molecule has 0 saturated carbocycles. The van der Waals surface area contributed by atoms with Crippen molar-refractivity contribution in [1.82, 2.24) is 0 Å². The summed E-state index contributed by atoms with van der Waals surface area (Å²) < 4.78 is 5.92. The van der Waals surface area contributed by atoms with E-state index in [0.29, 0.717) is 39.8 Å². The number of hydrogen-bond acceptors (Lipinski definition) is 5. The van der Waals surface area contributed by atoms with E-state index in [4.69, 9.17) is 4.74 Å². The Morgan fingerprint density at radius 3 is 2.03 bits per heavy atom. The van der Waals surface area contributed by atoms with Gasteiger partial charge in [0.2, 0.25) is 5.91 Å². The predicted molar refractivity (Wildman–Crippen MR) is 146 cm³/mol. The van der Waals surface area contributed by atoms with Gasteiger partial charge < -0.3 is 10.1 Å². The quantitative estimate of drug-likeness (QED) is 0.224. The zero-order valence-electron chi connectivity index (χ0n) is 20.4. The number of aryl methyl sites for hydroxylation is 2. The Kier molecular flexibility index (Phi) is 6.79. The molecule has 1 heterocycles. The first-order chi connectivity index (χ1) is 17.9. The van der Waals surface area contributed by atoms with Gasteiger partial charge in [-0.05, 0) is 80.6 Å². The van der Waals surface area contributed by atoms with Gasteiger partial charge >= 0.3 is 0 Å². The van der Waals surface area contributed by atoms with Crippen LogP contribution in [0.3, 0.4) is 0 Å². The van der Waals surface area contributed by atoms with E-state index in [9.17, 15) is 14.4 Å². The van der Waals surface area contributed by atoms with Gasteiger partial charge in [0.15, 0.2) is 0 Å². The number of amides is 3. The molecule has 0 saturated heterocycles. The molecule has 5 rings (SSSR count). The van der Waals surface area contributed by atoms with E-state index >= 15 is 0 Å². The van der Waals surface area contributed by atoms with Crippen molar-refractivity contribution in [2.45, 2.75) is 18.7 Å². The molecule has 0 unspecified atom stereocenters. The number of thioether (sulfide) groups is 1. The summed E-state index contributed by atoms with van der Waals surface area (Å²) in [6.07, 6.45) is 0. The summed E-state index contributed by atoms with van der Waals surface area (Å²) in [5.41, 5.74) is 4.07. The third-order valence-corrected chi connectivity index (χ3v) is 6.93. The molecule has 0 spiro atoms. The van der Waals surface area contributed by atoms with Crippen LogP contribution in [0.1, 0.15) is 31.8 Å². The van der Waals surface area contributed by atoms with Crippen molar-refractivity contribution in [1.29, 1.82) is 0 Å². The largest absolute Gasteiger partial charge is 0.457 e. The van der Waals surface area contributed by atoms with Crippen molar-refractivity contribution >= 4 is 40.9 Å². The maximum absolute atomic E-state index is 13.0. The predicted octanol–water partition coefficient (Wildman–Crippen LogP) is 6.63. The number of carbonyl (C=O) groups is 3. The minimum atomic E-state index is -0.379. The molecule has 1 aliphatic heterocycles. The topological polar surface area (TPSA) is 75.7 Å². The summed E-state index contributed by atoms with van der Waals surface area (Å²) >= 11 is 1.48. The first-order valence-corrected chi connectivity index (χ1v) is 12.7. The molecule has 0 aromatic heterocycles. The number of fused-ring (bicyclic) bond motifs is 1. The van der Waals surface area contributed by atoms with Gasteiger partial charge in [-0.2, -0.15) is 0 Å². The third kappa shape index (κ3) is 5.42. The highest BCUT2D eigenvalue weighted by Gasteiger charge is 2.37. The Morgan fingerprint density at radius 2 is 1.35 bits per heavy atom. The highest BCUT2D eigenvalue weighted by molar-refractivity contribution is 8.00. The minimum Gasteiger partial charge on any atom is -0.457 e. The Morgan fingerprint density at radius 1 is 0.757 bits per heavy atom. The Labute approximate surface area is 219 Å². The number of nitrogens with one attached hydrogen (secondary N) is 1. The fourth-order valence-corrected chi connectivity index (χ4v) is 4.63. The maximum Gasteiger partial charge on any atom is 0.266 e. The van der Waals surface area contributed by atoms with Crippen molar-refractivity contribution < 1.29 is 19.1 Å². The van der Waals surface area contributed by atoms with Crippen molar-refractivity contribution in [2.75, 3.05) is 16.0 Å². The molecule has 0 atom stereocenters. The Hall–Kier alpha value is -4.36. The highest BCUT2D eigenvalue weighted by Crippen LogP contribution is 2.32. The van der Waals surface area contributed by atoms with Crippen LogP contribution in [0.4, 0.5) is 11.4 Å². The smallest absolute Gasteiger partial charge is 0.266 e. The summed E-state index contributed by atoms with van der Waals surface area (Å²) in [5, 5.41) is 2.88. The van der Waals surface area contributed by atoms with E-state index in [1.54, 1.807) is 54.6 Å². The lowest BCUT2D eigenvalue weighted by Crippen LogP contribution is -2.29. The van der Waals surface area contributed by atoms with Crippen LogP contribution >= 0.6 is 11.8 Å². The van der Waals surface area contributed by atoms with Gasteiger partial charge in [-0.3, -0.25) is 14.4 Å². The molecule has 4 aromatic rings. The second-order valence-corrected chi connectivity index (χ2v) is 9.81. The first-order valence-electron chi connectivity index (χ1n) is 11.7. The number of nitrogens with zero attached hydrogens (tertiary/aromatic N) is 1. The molecule has 1 aliphatic rings. The van der Waals surface area contributed by atoms with Gasteiger partial charge in [0.05, 0.1) is 22.6 Å². The Bertz CT molecular complexity index is 1480. The maximum atomic E-state index is 13.0. The lowest BCUT2D eigenvalue weighted by molar-refractivity contribution is -0.113. The molecule has 3 amide bonds. The molecule has 37 heavy (non-hydrogen) atoms. The highest BCUT2D eigenvalue weighted by atomic mass is 32.2. The molecule has 0 radical (unpaired) electrons. The first kappa shape index (κ1) is 24.3. The molecular formula is C30H24N2O4S. The van der Waals surface area contributed by atoms with Crippen molar-refractivity contribution in [3.05, 3.63) is 113 Å². The number of benzene rings is 4. The van der Waals surface area contributed by atoms with Crippen LogP contribution in [0.25, 0.3) is 0 Å². The number of imide groups is 1. The molecule has 0 fully saturated rings. The molecular weight excluding hydrogens is 484 g/mol. The van der Waals surface area contributed by atoms with Crippen LogP contribution in [0, 0.1) is 13.8 Å². The zero-order valence-corrected chi connectivity index (χ0v) is 21.2. The molecule has 1 N–H and O–H groups in total. The van der Waals surface area contributed by atoms with Crippen molar-refractivity contribution in [3.63, 3.8) is 0 Å². The molecule has 6 nitrogen and oxygen atoms in total. The summed E-state index contributed by atoms with van der Waals surface area (Å²) in [6.45, 7) is 3.97. The number of ether oxygens (including phenoxy) is 1. The standard InChI is InChI=1S/C30H24N2O4S/c1-19-3-9-22(10-4-19)32-29(34)26-16-13-24(17-27(26)30(32)35)36-23-11-7-21(8-12-23)31-28(33)18-37-25-14-5-20(2)6-15-25/h3-17H,18H2,1-2H3,(H,31,33). The number of anilines is 2. The van der Waals surface area contributed by atoms with Gasteiger partial charge in [-0.15, -0.1) is 11.8 Å². The van der Waals surface area contributed by atoms with Gasteiger partial charge in [0, 0.05) is 10.6 Å². The van der Waals surface area contributed by atoms with Gasteiger partial charge in [0.1, 0.15) is 11.5 Å². The van der Waals surface area contributed by atoms with E-state index in [0.717, 1.165) is 10.5 Å². The van der Waals surface area contributed by atoms with Crippen LogP contribution in [-0.4, -0.2) is 23.5 Å². The van der Waals surface area contributed by atoms with E-state index in [1.807, 2.05) is 50.2 Å². The number of hydrogen-bond donors (Lipinski definition) is 1. The fraction of sp³-hybridized carbons (Fsp3) is 0.100. The lowest BCUT2D eigenvalue weighted by Gasteiger charge is -2.13. The van der Waals surface area contributed by atoms with Crippen LogP contribution in [-0.2, 0) is 4.79 Å². The molecule has 0 aliphatic carbocycles. The monoisotopic (exact) mass is 508 g/mol. The van der Waals surface area contributed by atoms with Crippen LogP contribution < -0.4 is 15.0 Å². The van der Waals surface area contributed by atoms with E-state index in [1.165, 1.54) is 22.2 Å². The average molecular weight is 509 g/mol. The van der Waals surface area contributed by atoms with Crippen LogP contribution in [0.15, 0.2) is 95.9 Å². The molecule has 4 aromatic carbocycles. The number of carbonyl (C=O) groups excluding carboxylic acids is 3.